The lowest BCUT2D eigenvalue weighted by molar-refractivity contribution is -0.385. The molecule has 0 unspecified atom stereocenters. The zero-order valence-electron chi connectivity index (χ0n) is 14.1. The molecular weight excluding hydrogens is 372 g/mol. The van der Waals surface area contributed by atoms with Crippen LogP contribution >= 0.6 is 0 Å². The minimum absolute atomic E-state index is 0.0364. The van der Waals surface area contributed by atoms with Crippen molar-refractivity contribution in [3.63, 3.8) is 0 Å². The second-order valence-electron chi connectivity index (χ2n) is 5.86. The van der Waals surface area contributed by atoms with Crippen LogP contribution in [-0.2, 0) is 6.54 Å². The number of fused-ring (bicyclic) bond motifs is 1. The number of nitrogens with zero attached hydrogens (tertiary/aromatic N) is 6. The van der Waals surface area contributed by atoms with Crippen LogP contribution in [0.5, 0.6) is 0 Å². The molecule has 2 N–H and O–H groups in total. The van der Waals surface area contributed by atoms with Crippen molar-refractivity contribution in [1.82, 2.24) is 24.5 Å². The number of rotatable bonds is 4. The zero-order valence-corrected chi connectivity index (χ0v) is 14.1. The summed E-state index contributed by atoms with van der Waals surface area (Å²) in [6.07, 6.45) is 4.51. The van der Waals surface area contributed by atoms with Crippen molar-refractivity contribution >= 4 is 22.8 Å². The van der Waals surface area contributed by atoms with Crippen molar-refractivity contribution in [1.29, 1.82) is 0 Å². The average Bonchev–Trinajstić information content (AvgIpc) is 3.07. The van der Waals surface area contributed by atoms with Crippen LogP contribution in [0.25, 0.3) is 22.4 Å². The second kappa shape index (κ2) is 6.61. The van der Waals surface area contributed by atoms with Gasteiger partial charge in [-0.1, -0.05) is 0 Å². The van der Waals surface area contributed by atoms with Gasteiger partial charge in [0.2, 0.25) is 5.95 Å². The number of halogens is 2. The van der Waals surface area contributed by atoms with Crippen LogP contribution in [0.15, 0.2) is 43.0 Å². The zero-order chi connectivity index (χ0) is 19.8. The van der Waals surface area contributed by atoms with Gasteiger partial charge < -0.3 is 10.3 Å². The Bertz CT molecular complexity index is 1190. The summed E-state index contributed by atoms with van der Waals surface area (Å²) in [5.74, 6) is -2.11. The van der Waals surface area contributed by atoms with Crippen molar-refractivity contribution in [3.8, 4) is 11.3 Å². The largest absolute Gasteiger partial charge is 0.368 e. The fourth-order valence-corrected chi connectivity index (χ4v) is 2.80. The number of hydrogen-bond donors (Lipinski definition) is 1. The molecule has 1 aromatic carbocycles. The molecule has 4 aromatic rings. The normalized spacial score (nSPS) is 11.1. The van der Waals surface area contributed by atoms with E-state index in [4.69, 9.17) is 5.73 Å². The standard InChI is InChI=1S/C17H11F2N7O2/c18-12-5-10(26(27)28)6-13(19)11(12)7-25-8-22-15-14(9-1-3-21-4-2-9)23-17(20)24-16(15)25/h1-6,8H,7H2,(H2,20,23,24). The molecule has 0 fully saturated rings. The van der Waals surface area contributed by atoms with E-state index in [1.54, 1.807) is 24.5 Å². The average molecular weight is 383 g/mol. The molecule has 0 saturated heterocycles. The molecule has 140 valence electrons. The van der Waals surface area contributed by atoms with Crippen LogP contribution in [-0.4, -0.2) is 29.4 Å². The van der Waals surface area contributed by atoms with Crippen LogP contribution in [0.3, 0.4) is 0 Å². The van der Waals surface area contributed by atoms with E-state index in [-0.39, 0.29) is 23.7 Å². The topological polar surface area (TPSA) is 126 Å². The lowest BCUT2D eigenvalue weighted by atomic mass is 10.1. The van der Waals surface area contributed by atoms with Crippen molar-refractivity contribution in [2.24, 2.45) is 0 Å². The van der Waals surface area contributed by atoms with E-state index >= 15 is 0 Å². The number of benzene rings is 1. The third kappa shape index (κ3) is 2.98. The third-order valence-electron chi connectivity index (χ3n) is 4.10. The van der Waals surface area contributed by atoms with Gasteiger partial charge in [-0.3, -0.25) is 15.1 Å². The fraction of sp³-hybridized carbons (Fsp3) is 0.0588. The number of nitrogens with two attached hydrogens (primary N) is 1. The van der Waals surface area contributed by atoms with Crippen molar-refractivity contribution in [2.45, 2.75) is 6.54 Å². The van der Waals surface area contributed by atoms with E-state index in [9.17, 15) is 18.9 Å². The molecular formula is C17H11F2N7O2. The Labute approximate surface area is 155 Å². The molecule has 9 nitrogen and oxygen atoms in total. The van der Waals surface area contributed by atoms with Crippen LogP contribution in [0, 0.1) is 21.7 Å². The number of imidazole rings is 1. The Kier molecular flexibility index (Phi) is 4.11. The highest BCUT2D eigenvalue weighted by Crippen LogP contribution is 2.27. The number of aromatic nitrogens is 5. The molecule has 0 aliphatic heterocycles. The SMILES string of the molecule is Nc1nc(-c2ccncc2)c2ncn(Cc3c(F)cc([N+](=O)[O-])cc3F)c2n1. The first kappa shape index (κ1) is 17.4. The van der Waals surface area contributed by atoms with Gasteiger partial charge in [-0.15, -0.1) is 0 Å². The minimum atomic E-state index is -1.04. The summed E-state index contributed by atoms with van der Waals surface area (Å²) in [6, 6.07) is 4.78. The van der Waals surface area contributed by atoms with E-state index < -0.39 is 22.2 Å². The van der Waals surface area contributed by atoms with Gasteiger partial charge in [0.1, 0.15) is 22.8 Å². The molecule has 0 aliphatic carbocycles. The van der Waals surface area contributed by atoms with Crippen LogP contribution in [0.1, 0.15) is 5.56 Å². The summed E-state index contributed by atoms with van der Waals surface area (Å²) in [5, 5.41) is 10.7. The number of pyridine rings is 1. The number of nitro groups is 1. The third-order valence-corrected chi connectivity index (χ3v) is 4.10. The van der Waals surface area contributed by atoms with E-state index in [1.807, 2.05) is 0 Å². The maximum absolute atomic E-state index is 14.2. The molecule has 28 heavy (non-hydrogen) atoms. The monoisotopic (exact) mass is 383 g/mol. The fourth-order valence-electron chi connectivity index (χ4n) is 2.80. The molecule has 0 saturated carbocycles. The van der Waals surface area contributed by atoms with Gasteiger partial charge in [-0.05, 0) is 12.1 Å². The van der Waals surface area contributed by atoms with Gasteiger partial charge in [0.25, 0.3) is 5.69 Å². The van der Waals surface area contributed by atoms with Crippen LogP contribution < -0.4 is 5.73 Å². The maximum atomic E-state index is 14.2. The van der Waals surface area contributed by atoms with Gasteiger partial charge in [0, 0.05) is 23.5 Å². The predicted octanol–water partition coefficient (Wildman–Crippen LogP) is 2.71. The number of anilines is 1. The van der Waals surface area contributed by atoms with Gasteiger partial charge in [-0.2, -0.15) is 4.98 Å². The number of hydrogen-bond acceptors (Lipinski definition) is 7. The Morgan fingerprint density at radius 1 is 1.14 bits per heavy atom. The smallest absolute Gasteiger partial charge is 0.275 e. The van der Waals surface area contributed by atoms with E-state index in [0.717, 1.165) is 0 Å². The Hall–Kier alpha value is -4.02. The molecule has 4 rings (SSSR count). The van der Waals surface area contributed by atoms with Crippen molar-refractivity contribution < 1.29 is 13.7 Å². The summed E-state index contributed by atoms with van der Waals surface area (Å²) in [7, 11) is 0. The second-order valence-corrected chi connectivity index (χ2v) is 5.86. The van der Waals surface area contributed by atoms with Gasteiger partial charge in [0.05, 0.1) is 29.9 Å². The predicted molar refractivity (Wildman–Crippen MR) is 95.1 cm³/mol. The van der Waals surface area contributed by atoms with Gasteiger partial charge in [0.15, 0.2) is 5.65 Å². The molecule has 0 spiro atoms. The molecule has 0 atom stereocenters. The van der Waals surface area contributed by atoms with Crippen molar-refractivity contribution in [3.05, 3.63) is 70.3 Å². The van der Waals surface area contributed by atoms with E-state index in [2.05, 4.69) is 19.9 Å². The van der Waals surface area contributed by atoms with Crippen LogP contribution in [0.2, 0.25) is 0 Å². The lowest BCUT2D eigenvalue weighted by Crippen LogP contribution is -2.07. The molecule has 0 radical (unpaired) electrons. The quantitative estimate of drug-likeness (QED) is 0.424. The summed E-state index contributed by atoms with van der Waals surface area (Å²) in [6.45, 7) is -0.279. The Morgan fingerprint density at radius 3 is 2.46 bits per heavy atom. The van der Waals surface area contributed by atoms with E-state index in [0.29, 0.717) is 28.9 Å². The number of nitrogen functional groups attached to an aromatic ring is 1. The summed E-state index contributed by atoms with van der Waals surface area (Å²) < 4.78 is 29.9. The molecule has 0 aliphatic rings. The number of nitro benzene ring substituents is 1. The molecule has 3 aromatic heterocycles. The van der Waals surface area contributed by atoms with Crippen LogP contribution in [0.4, 0.5) is 20.4 Å². The molecule has 11 heteroatoms. The summed E-state index contributed by atoms with van der Waals surface area (Å²) >= 11 is 0. The van der Waals surface area contributed by atoms with Gasteiger partial charge in [-0.25, -0.2) is 18.7 Å². The first-order valence-electron chi connectivity index (χ1n) is 7.95. The number of non-ortho nitro benzene ring substituents is 1. The minimum Gasteiger partial charge on any atom is -0.368 e. The summed E-state index contributed by atoms with van der Waals surface area (Å²) in [5.41, 5.74) is 6.59. The first-order valence-corrected chi connectivity index (χ1v) is 7.95. The summed E-state index contributed by atoms with van der Waals surface area (Å²) in [4.78, 5) is 26.4. The van der Waals surface area contributed by atoms with E-state index in [1.165, 1.54) is 10.9 Å². The highest BCUT2D eigenvalue weighted by atomic mass is 19.1. The highest BCUT2D eigenvalue weighted by molar-refractivity contribution is 5.88. The van der Waals surface area contributed by atoms with Crippen molar-refractivity contribution in [2.75, 3.05) is 5.73 Å². The maximum Gasteiger partial charge on any atom is 0.275 e. The lowest BCUT2D eigenvalue weighted by Gasteiger charge is -2.08. The molecule has 0 amide bonds. The first-order chi connectivity index (χ1) is 13.4. The molecule has 3 heterocycles. The Balaban J connectivity index is 1.82. The Morgan fingerprint density at radius 2 is 1.82 bits per heavy atom. The highest BCUT2D eigenvalue weighted by Gasteiger charge is 2.20. The molecule has 0 bridgehead atoms. The van der Waals surface area contributed by atoms with Gasteiger partial charge >= 0.3 is 0 Å².